The van der Waals surface area contributed by atoms with Gasteiger partial charge in [-0.05, 0) is 42.7 Å². The second-order valence-corrected chi connectivity index (χ2v) is 7.58. The molecular weight excluding hydrogens is 370 g/mol. The molecule has 0 radical (unpaired) electrons. The van der Waals surface area contributed by atoms with Gasteiger partial charge in [0.1, 0.15) is 11.4 Å². The van der Waals surface area contributed by atoms with Gasteiger partial charge in [-0.1, -0.05) is 36.4 Å². The number of nitrogens with zero attached hydrogens (tertiary/aromatic N) is 2. The second-order valence-electron chi connectivity index (χ2n) is 6.72. The number of hydrogen-bond acceptors (Lipinski definition) is 4. The molecule has 0 aliphatic carbocycles. The molecule has 4 rings (SSSR count). The Morgan fingerprint density at radius 2 is 1.89 bits per heavy atom. The number of carbonyl (C=O) groups is 1. The molecule has 0 bridgehead atoms. The molecule has 1 N–H and O–H groups in total. The van der Waals surface area contributed by atoms with Crippen LogP contribution >= 0.6 is 11.3 Å². The van der Waals surface area contributed by atoms with Crippen molar-refractivity contribution in [2.75, 3.05) is 5.32 Å². The lowest BCUT2D eigenvalue weighted by Crippen LogP contribution is -2.27. The number of nitrogens with one attached hydrogen (secondary N) is 1. The van der Waals surface area contributed by atoms with Gasteiger partial charge in [0, 0.05) is 16.6 Å². The van der Waals surface area contributed by atoms with E-state index in [0.717, 1.165) is 11.1 Å². The third kappa shape index (κ3) is 3.46. The van der Waals surface area contributed by atoms with E-state index in [1.54, 1.807) is 12.1 Å². The summed E-state index contributed by atoms with van der Waals surface area (Å²) in [4.78, 5) is 30.5. The SMILES string of the molecule is Cc1ccc(-c2csc3ncn(CC(=O)Nc4ccccc4)c(=O)c23)cc1C. The highest BCUT2D eigenvalue weighted by atomic mass is 32.1. The number of fused-ring (bicyclic) bond motifs is 1. The van der Waals surface area contributed by atoms with Crippen molar-refractivity contribution in [3.8, 4) is 11.1 Å². The van der Waals surface area contributed by atoms with Gasteiger partial charge in [0.25, 0.3) is 5.56 Å². The third-order valence-electron chi connectivity index (χ3n) is 4.75. The number of thiophene rings is 1. The van der Waals surface area contributed by atoms with Gasteiger partial charge in [0.15, 0.2) is 0 Å². The first-order valence-corrected chi connectivity index (χ1v) is 9.80. The average molecular weight is 389 g/mol. The quantitative estimate of drug-likeness (QED) is 0.563. The standard InChI is InChI=1S/C22H19N3O2S/c1-14-8-9-16(10-15(14)2)18-12-28-21-20(18)22(27)25(13-23-21)11-19(26)24-17-6-4-3-5-7-17/h3-10,12-13H,11H2,1-2H3,(H,24,26). The number of para-hydroxylation sites is 1. The average Bonchev–Trinajstić information content (AvgIpc) is 3.12. The number of rotatable bonds is 4. The van der Waals surface area contributed by atoms with E-state index in [1.807, 2.05) is 29.6 Å². The predicted molar refractivity (Wildman–Crippen MR) is 114 cm³/mol. The zero-order valence-corrected chi connectivity index (χ0v) is 16.4. The number of benzene rings is 2. The summed E-state index contributed by atoms with van der Waals surface area (Å²) in [5.41, 5.74) is 4.71. The highest BCUT2D eigenvalue weighted by Crippen LogP contribution is 2.31. The maximum Gasteiger partial charge on any atom is 0.263 e. The van der Waals surface area contributed by atoms with Crippen molar-refractivity contribution in [1.82, 2.24) is 9.55 Å². The molecule has 1 amide bonds. The number of carbonyl (C=O) groups excluding carboxylic acids is 1. The smallest absolute Gasteiger partial charge is 0.263 e. The van der Waals surface area contributed by atoms with Crippen molar-refractivity contribution < 1.29 is 4.79 Å². The van der Waals surface area contributed by atoms with Gasteiger partial charge in [0.2, 0.25) is 5.91 Å². The van der Waals surface area contributed by atoms with Gasteiger partial charge in [-0.25, -0.2) is 4.98 Å². The van der Waals surface area contributed by atoms with Gasteiger partial charge < -0.3 is 5.32 Å². The Morgan fingerprint density at radius 1 is 1.11 bits per heavy atom. The summed E-state index contributed by atoms with van der Waals surface area (Å²) in [6.07, 6.45) is 1.44. The van der Waals surface area contributed by atoms with Gasteiger partial charge in [-0.2, -0.15) is 0 Å². The summed E-state index contributed by atoms with van der Waals surface area (Å²) in [6, 6.07) is 15.3. The summed E-state index contributed by atoms with van der Waals surface area (Å²) in [6.45, 7) is 4.03. The molecule has 2 heterocycles. The van der Waals surface area contributed by atoms with Gasteiger partial charge in [-0.15, -0.1) is 11.3 Å². The fourth-order valence-electron chi connectivity index (χ4n) is 3.08. The van der Waals surface area contributed by atoms with E-state index in [-0.39, 0.29) is 18.0 Å². The van der Waals surface area contributed by atoms with E-state index >= 15 is 0 Å². The van der Waals surface area contributed by atoms with Crippen LogP contribution in [0.2, 0.25) is 0 Å². The Kier molecular flexibility index (Phi) is 4.79. The number of amides is 1. The van der Waals surface area contributed by atoms with E-state index < -0.39 is 0 Å². The molecule has 0 spiro atoms. The minimum Gasteiger partial charge on any atom is -0.325 e. The zero-order valence-electron chi connectivity index (χ0n) is 15.6. The van der Waals surface area contributed by atoms with E-state index in [4.69, 9.17) is 0 Å². The van der Waals surface area contributed by atoms with Crippen LogP contribution in [0.15, 0.2) is 65.0 Å². The van der Waals surface area contributed by atoms with Crippen LogP contribution in [0.3, 0.4) is 0 Å². The molecule has 0 unspecified atom stereocenters. The molecule has 0 fully saturated rings. The molecule has 140 valence electrons. The first-order chi connectivity index (χ1) is 13.5. The van der Waals surface area contributed by atoms with Crippen molar-refractivity contribution in [2.24, 2.45) is 0 Å². The van der Waals surface area contributed by atoms with Gasteiger partial charge in [0.05, 0.1) is 11.7 Å². The molecule has 0 saturated carbocycles. The molecule has 5 nitrogen and oxygen atoms in total. The Morgan fingerprint density at radius 3 is 2.64 bits per heavy atom. The van der Waals surface area contributed by atoms with Crippen LogP contribution in [-0.2, 0) is 11.3 Å². The van der Waals surface area contributed by atoms with Crippen LogP contribution in [0.4, 0.5) is 5.69 Å². The lowest BCUT2D eigenvalue weighted by Gasteiger charge is -2.08. The van der Waals surface area contributed by atoms with E-state index in [0.29, 0.717) is 15.9 Å². The lowest BCUT2D eigenvalue weighted by molar-refractivity contribution is -0.116. The van der Waals surface area contributed by atoms with Crippen molar-refractivity contribution in [3.05, 3.63) is 81.7 Å². The topological polar surface area (TPSA) is 64.0 Å². The summed E-state index contributed by atoms with van der Waals surface area (Å²) >= 11 is 1.44. The number of anilines is 1. The Balaban J connectivity index is 1.69. The molecule has 4 aromatic rings. The van der Waals surface area contributed by atoms with Crippen LogP contribution in [0.5, 0.6) is 0 Å². The minimum atomic E-state index is -0.266. The van der Waals surface area contributed by atoms with Crippen molar-refractivity contribution in [3.63, 3.8) is 0 Å². The zero-order chi connectivity index (χ0) is 19.7. The molecule has 2 aromatic heterocycles. The first kappa shape index (κ1) is 18.1. The molecule has 0 aliphatic heterocycles. The number of hydrogen-bond donors (Lipinski definition) is 1. The van der Waals surface area contributed by atoms with Crippen LogP contribution in [0.25, 0.3) is 21.3 Å². The first-order valence-electron chi connectivity index (χ1n) is 8.92. The van der Waals surface area contributed by atoms with E-state index in [2.05, 4.69) is 36.3 Å². The van der Waals surface area contributed by atoms with Crippen molar-refractivity contribution in [1.29, 1.82) is 0 Å². The Labute approximate surface area is 166 Å². The number of aryl methyl sites for hydroxylation is 2. The maximum atomic E-state index is 13.1. The molecular formula is C22H19N3O2S. The molecule has 0 saturated heterocycles. The largest absolute Gasteiger partial charge is 0.325 e. The van der Waals surface area contributed by atoms with E-state index in [1.165, 1.54) is 33.4 Å². The molecule has 2 aromatic carbocycles. The minimum absolute atomic E-state index is 0.0844. The summed E-state index contributed by atoms with van der Waals surface area (Å²) in [5, 5.41) is 5.31. The van der Waals surface area contributed by atoms with Crippen LogP contribution in [-0.4, -0.2) is 15.5 Å². The number of aromatic nitrogens is 2. The maximum absolute atomic E-state index is 13.1. The lowest BCUT2D eigenvalue weighted by atomic mass is 10.0. The normalized spacial score (nSPS) is 10.9. The Hall–Kier alpha value is -3.25. The third-order valence-corrected chi connectivity index (χ3v) is 5.64. The van der Waals surface area contributed by atoms with Crippen LogP contribution < -0.4 is 10.9 Å². The molecule has 28 heavy (non-hydrogen) atoms. The fourth-order valence-corrected chi connectivity index (χ4v) is 3.98. The highest BCUT2D eigenvalue weighted by molar-refractivity contribution is 7.17. The highest BCUT2D eigenvalue weighted by Gasteiger charge is 2.15. The summed E-state index contributed by atoms with van der Waals surface area (Å²) in [5.74, 6) is -0.266. The van der Waals surface area contributed by atoms with Crippen molar-refractivity contribution >= 4 is 33.1 Å². The second kappa shape index (κ2) is 7.40. The van der Waals surface area contributed by atoms with Crippen LogP contribution in [0, 0.1) is 13.8 Å². The molecule has 0 atom stereocenters. The monoisotopic (exact) mass is 389 g/mol. The summed E-state index contributed by atoms with van der Waals surface area (Å²) in [7, 11) is 0. The summed E-state index contributed by atoms with van der Waals surface area (Å²) < 4.78 is 1.36. The van der Waals surface area contributed by atoms with Gasteiger partial charge >= 0.3 is 0 Å². The van der Waals surface area contributed by atoms with Crippen LogP contribution in [0.1, 0.15) is 11.1 Å². The van der Waals surface area contributed by atoms with Gasteiger partial charge in [-0.3, -0.25) is 14.2 Å². The fraction of sp³-hybridized carbons (Fsp3) is 0.136. The van der Waals surface area contributed by atoms with E-state index in [9.17, 15) is 9.59 Å². The Bertz CT molecular complexity index is 1230. The predicted octanol–water partition coefficient (Wildman–Crippen LogP) is 4.38. The molecule has 0 aliphatic rings. The molecule has 6 heteroatoms. The van der Waals surface area contributed by atoms with Crippen molar-refractivity contribution in [2.45, 2.75) is 20.4 Å².